The van der Waals surface area contributed by atoms with Crippen LogP contribution in [0.3, 0.4) is 0 Å². The minimum Gasteiger partial charge on any atom is -0.307 e. The second-order valence-corrected chi connectivity index (χ2v) is 5.98. The Morgan fingerprint density at radius 2 is 2.05 bits per heavy atom. The molecule has 3 rings (SSSR count). The lowest BCUT2D eigenvalue weighted by Gasteiger charge is -2.31. The van der Waals surface area contributed by atoms with E-state index in [-0.39, 0.29) is 6.04 Å². The standard InChI is InChI=1S/C19H24N2/c1-3-20-19(16-11-12-21-14(2)13-16)18-10-5-4-9-17(18)15-7-6-8-15/h4-5,9-13,15,19-20H,3,6-8H2,1-2H3. The highest BCUT2D eigenvalue weighted by molar-refractivity contribution is 5.40. The summed E-state index contributed by atoms with van der Waals surface area (Å²) in [6, 6.07) is 13.6. The summed E-state index contributed by atoms with van der Waals surface area (Å²) in [6.45, 7) is 5.20. The molecule has 2 nitrogen and oxygen atoms in total. The molecule has 1 saturated carbocycles. The van der Waals surface area contributed by atoms with Crippen LogP contribution in [0.1, 0.15) is 60.5 Å². The third-order valence-corrected chi connectivity index (χ3v) is 4.51. The molecule has 1 heterocycles. The van der Waals surface area contributed by atoms with E-state index in [1.54, 1.807) is 0 Å². The van der Waals surface area contributed by atoms with Crippen LogP contribution in [0.25, 0.3) is 0 Å². The van der Waals surface area contributed by atoms with Crippen molar-refractivity contribution in [1.29, 1.82) is 0 Å². The summed E-state index contributed by atoms with van der Waals surface area (Å²) in [5, 5.41) is 3.66. The largest absolute Gasteiger partial charge is 0.307 e. The van der Waals surface area contributed by atoms with Gasteiger partial charge in [-0.2, -0.15) is 0 Å². The van der Waals surface area contributed by atoms with Crippen LogP contribution < -0.4 is 5.32 Å². The van der Waals surface area contributed by atoms with Crippen molar-refractivity contribution in [3.8, 4) is 0 Å². The monoisotopic (exact) mass is 280 g/mol. The molecule has 0 bridgehead atoms. The molecule has 21 heavy (non-hydrogen) atoms. The first-order chi connectivity index (χ1) is 10.3. The molecular formula is C19H24N2. The molecule has 1 aliphatic carbocycles. The van der Waals surface area contributed by atoms with E-state index < -0.39 is 0 Å². The zero-order valence-corrected chi connectivity index (χ0v) is 13.0. The zero-order valence-electron chi connectivity index (χ0n) is 13.0. The molecule has 1 atom stereocenters. The van der Waals surface area contributed by atoms with Gasteiger partial charge in [0.05, 0.1) is 6.04 Å². The first kappa shape index (κ1) is 14.3. The second-order valence-electron chi connectivity index (χ2n) is 5.98. The van der Waals surface area contributed by atoms with Gasteiger partial charge < -0.3 is 5.32 Å². The first-order valence-corrected chi connectivity index (χ1v) is 8.04. The van der Waals surface area contributed by atoms with Gasteiger partial charge in [-0.25, -0.2) is 0 Å². The van der Waals surface area contributed by atoms with E-state index in [0.717, 1.165) is 18.2 Å². The Labute approximate surface area is 127 Å². The quantitative estimate of drug-likeness (QED) is 0.880. The van der Waals surface area contributed by atoms with Crippen LogP contribution in [0.5, 0.6) is 0 Å². The van der Waals surface area contributed by atoms with E-state index in [1.807, 2.05) is 6.20 Å². The van der Waals surface area contributed by atoms with Crippen LogP contribution in [-0.2, 0) is 0 Å². The zero-order chi connectivity index (χ0) is 14.7. The predicted molar refractivity (Wildman–Crippen MR) is 87.5 cm³/mol. The molecule has 1 unspecified atom stereocenters. The number of hydrogen-bond donors (Lipinski definition) is 1. The Morgan fingerprint density at radius 1 is 1.24 bits per heavy atom. The van der Waals surface area contributed by atoms with Gasteiger partial charge in [-0.05, 0) is 61.1 Å². The fourth-order valence-electron chi connectivity index (χ4n) is 3.22. The highest BCUT2D eigenvalue weighted by atomic mass is 14.9. The number of hydrogen-bond acceptors (Lipinski definition) is 2. The molecule has 110 valence electrons. The molecule has 1 aliphatic rings. The molecular weight excluding hydrogens is 256 g/mol. The lowest BCUT2D eigenvalue weighted by Crippen LogP contribution is -2.24. The van der Waals surface area contributed by atoms with Gasteiger partial charge in [0.25, 0.3) is 0 Å². The fourth-order valence-corrected chi connectivity index (χ4v) is 3.22. The Balaban J connectivity index is 2.01. The van der Waals surface area contributed by atoms with Crippen molar-refractivity contribution in [3.05, 3.63) is 65.0 Å². The van der Waals surface area contributed by atoms with Crippen molar-refractivity contribution in [2.75, 3.05) is 6.54 Å². The number of nitrogens with one attached hydrogen (secondary N) is 1. The van der Waals surface area contributed by atoms with Crippen molar-refractivity contribution in [3.63, 3.8) is 0 Å². The Bertz CT molecular complexity index is 602. The summed E-state index contributed by atoms with van der Waals surface area (Å²) >= 11 is 0. The molecule has 0 aliphatic heterocycles. The van der Waals surface area contributed by atoms with Gasteiger partial charge in [-0.1, -0.05) is 37.6 Å². The molecule has 0 radical (unpaired) electrons. The summed E-state index contributed by atoms with van der Waals surface area (Å²) < 4.78 is 0. The summed E-state index contributed by atoms with van der Waals surface area (Å²) in [5.74, 6) is 0.755. The minimum absolute atomic E-state index is 0.272. The van der Waals surface area contributed by atoms with Crippen molar-refractivity contribution in [2.24, 2.45) is 0 Å². The van der Waals surface area contributed by atoms with E-state index >= 15 is 0 Å². The van der Waals surface area contributed by atoms with Crippen LogP contribution in [0.15, 0.2) is 42.6 Å². The summed E-state index contributed by atoms with van der Waals surface area (Å²) in [7, 11) is 0. The van der Waals surface area contributed by atoms with Gasteiger partial charge in [-0.15, -0.1) is 0 Å². The van der Waals surface area contributed by atoms with Crippen molar-refractivity contribution in [1.82, 2.24) is 10.3 Å². The third-order valence-electron chi connectivity index (χ3n) is 4.51. The molecule has 0 saturated heterocycles. The average molecular weight is 280 g/mol. The van der Waals surface area contributed by atoms with Crippen LogP contribution >= 0.6 is 0 Å². The average Bonchev–Trinajstić information content (AvgIpc) is 2.44. The maximum absolute atomic E-state index is 4.33. The predicted octanol–water partition coefficient (Wildman–Crippen LogP) is 4.36. The number of aromatic nitrogens is 1. The van der Waals surface area contributed by atoms with E-state index in [9.17, 15) is 0 Å². The summed E-state index contributed by atoms with van der Waals surface area (Å²) in [6.07, 6.45) is 5.97. The highest BCUT2D eigenvalue weighted by Crippen LogP contribution is 2.40. The van der Waals surface area contributed by atoms with Crippen LogP contribution in [-0.4, -0.2) is 11.5 Å². The van der Waals surface area contributed by atoms with E-state index in [2.05, 4.69) is 60.5 Å². The summed E-state index contributed by atoms with van der Waals surface area (Å²) in [4.78, 5) is 4.33. The maximum atomic E-state index is 4.33. The van der Waals surface area contributed by atoms with E-state index in [1.165, 1.54) is 36.0 Å². The third kappa shape index (κ3) is 3.01. The Kier molecular flexibility index (Phi) is 4.35. The van der Waals surface area contributed by atoms with E-state index in [0.29, 0.717) is 0 Å². The smallest absolute Gasteiger partial charge is 0.0580 e. The molecule has 2 aromatic rings. The highest BCUT2D eigenvalue weighted by Gasteiger charge is 2.25. The van der Waals surface area contributed by atoms with Crippen molar-refractivity contribution in [2.45, 2.75) is 45.1 Å². The number of pyridine rings is 1. The van der Waals surface area contributed by atoms with Gasteiger partial charge in [0.2, 0.25) is 0 Å². The van der Waals surface area contributed by atoms with E-state index in [4.69, 9.17) is 0 Å². The van der Waals surface area contributed by atoms with Crippen molar-refractivity contribution < 1.29 is 0 Å². The number of nitrogens with zero attached hydrogens (tertiary/aromatic N) is 1. The van der Waals surface area contributed by atoms with Crippen LogP contribution in [0.4, 0.5) is 0 Å². The number of benzene rings is 1. The van der Waals surface area contributed by atoms with Gasteiger partial charge in [0, 0.05) is 11.9 Å². The fraction of sp³-hybridized carbons (Fsp3) is 0.421. The molecule has 1 aromatic carbocycles. The second kappa shape index (κ2) is 6.40. The van der Waals surface area contributed by atoms with Crippen LogP contribution in [0, 0.1) is 6.92 Å². The lowest BCUT2D eigenvalue weighted by molar-refractivity contribution is 0.414. The molecule has 0 amide bonds. The Hall–Kier alpha value is -1.67. The lowest BCUT2D eigenvalue weighted by atomic mass is 9.76. The number of aryl methyl sites for hydroxylation is 1. The first-order valence-electron chi connectivity index (χ1n) is 8.04. The van der Waals surface area contributed by atoms with Crippen molar-refractivity contribution >= 4 is 0 Å². The topological polar surface area (TPSA) is 24.9 Å². The maximum Gasteiger partial charge on any atom is 0.0580 e. The number of rotatable bonds is 5. The SMILES string of the molecule is CCNC(c1ccnc(C)c1)c1ccccc1C1CCC1. The van der Waals surface area contributed by atoms with Gasteiger partial charge in [0.1, 0.15) is 0 Å². The van der Waals surface area contributed by atoms with Gasteiger partial charge in [0.15, 0.2) is 0 Å². The molecule has 1 N–H and O–H groups in total. The molecule has 1 aromatic heterocycles. The minimum atomic E-state index is 0.272. The van der Waals surface area contributed by atoms with Crippen LogP contribution in [0.2, 0.25) is 0 Å². The van der Waals surface area contributed by atoms with Gasteiger partial charge in [-0.3, -0.25) is 4.98 Å². The molecule has 0 spiro atoms. The summed E-state index contributed by atoms with van der Waals surface area (Å²) in [5.41, 5.74) is 5.37. The normalized spacial score (nSPS) is 16.5. The molecule has 2 heteroatoms. The molecule has 1 fully saturated rings. The Morgan fingerprint density at radius 3 is 2.71 bits per heavy atom. The van der Waals surface area contributed by atoms with Gasteiger partial charge >= 0.3 is 0 Å².